The average Bonchev–Trinajstić information content (AvgIpc) is 2.96. The minimum Gasteiger partial charge on any atom is -0.207 e. The molecule has 0 heterocycles. The van der Waals surface area contributed by atoms with Crippen LogP contribution in [-0.2, 0) is 10.0 Å². The molecule has 0 aliphatic heterocycles. The molecule has 0 spiro atoms. The number of hydrogen-bond donors (Lipinski definition) is 1. The van der Waals surface area contributed by atoms with Gasteiger partial charge in [-0.2, -0.15) is 17.9 Å². The minimum atomic E-state index is -4.69. The maximum Gasteiger partial charge on any atom is 0.407 e. The first-order chi connectivity index (χ1) is 8.57. The number of rotatable bonds is 3. The van der Waals surface area contributed by atoms with E-state index in [4.69, 9.17) is 0 Å². The molecule has 0 amide bonds. The third-order valence-corrected chi connectivity index (χ3v) is 4.87. The monoisotopic (exact) mass is 361 g/mol. The highest BCUT2D eigenvalue weighted by molar-refractivity contribution is 9.10. The van der Waals surface area contributed by atoms with Crippen LogP contribution in [0.5, 0.6) is 0 Å². The van der Waals surface area contributed by atoms with Crippen molar-refractivity contribution in [3.63, 3.8) is 0 Å². The summed E-state index contributed by atoms with van der Waals surface area (Å²) < 4.78 is 77.0. The lowest BCUT2D eigenvalue weighted by molar-refractivity contribution is -0.160. The van der Waals surface area contributed by atoms with E-state index in [1.165, 1.54) is 6.07 Å². The summed E-state index contributed by atoms with van der Waals surface area (Å²) in [5.41, 5.74) is -2.45. The molecular formula is C10H8BrF4NO2S. The summed E-state index contributed by atoms with van der Waals surface area (Å²) in [5, 5.41) is 0. The van der Waals surface area contributed by atoms with E-state index in [2.05, 4.69) is 15.9 Å². The topological polar surface area (TPSA) is 46.2 Å². The van der Waals surface area contributed by atoms with Gasteiger partial charge in [-0.1, -0.05) is 15.9 Å². The Labute approximate surface area is 115 Å². The van der Waals surface area contributed by atoms with Gasteiger partial charge in [0, 0.05) is 4.47 Å². The van der Waals surface area contributed by atoms with E-state index in [0.29, 0.717) is 4.47 Å². The first-order valence-electron chi connectivity index (χ1n) is 5.13. The van der Waals surface area contributed by atoms with E-state index in [0.717, 1.165) is 12.1 Å². The molecular weight excluding hydrogens is 354 g/mol. The largest absolute Gasteiger partial charge is 0.407 e. The third-order valence-electron chi connectivity index (χ3n) is 2.81. The van der Waals surface area contributed by atoms with E-state index >= 15 is 0 Å². The molecule has 1 saturated carbocycles. The maximum atomic E-state index is 13.5. The highest BCUT2D eigenvalue weighted by atomic mass is 79.9. The van der Waals surface area contributed by atoms with Crippen LogP contribution in [0.1, 0.15) is 12.8 Å². The van der Waals surface area contributed by atoms with Gasteiger partial charge in [0.2, 0.25) is 10.0 Å². The van der Waals surface area contributed by atoms with Gasteiger partial charge in [0.25, 0.3) is 0 Å². The predicted molar refractivity (Wildman–Crippen MR) is 62.4 cm³/mol. The second-order valence-corrected chi connectivity index (χ2v) is 6.83. The van der Waals surface area contributed by atoms with Crippen LogP contribution in [0.3, 0.4) is 0 Å². The van der Waals surface area contributed by atoms with E-state index < -0.39 is 32.5 Å². The van der Waals surface area contributed by atoms with Gasteiger partial charge in [-0.25, -0.2) is 12.8 Å². The van der Waals surface area contributed by atoms with Crippen molar-refractivity contribution < 1.29 is 26.0 Å². The van der Waals surface area contributed by atoms with Gasteiger partial charge in [-0.3, -0.25) is 0 Å². The average molecular weight is 362 g/mol. The number of benzene rings is 1. The molecule has 0 radical (unpaired) electrons. The highest BCUT2D eigenvalue weighted by Gasteiger charge is 2.65. The van der Waals surface area contributed by atoms with Crippen LogP contribution >= 0.6 is 15.9 Å². The number of halogens is 5. The van der Waals surface area contributed by atoms with Crippen LogP contribution in [0.15, 0.2) is 27.6 Å². The van der Waals surface area contributed by atoms with Gasteiger partial charge in [0.15, 0.2) is 0 Å². The van der Waals surface area contributed by atoms with Crippen molar-refractivity contribution in [2.45, 2.75) is 29.5 Å². The fraction of sp³-hybridized carbons (Fsp3) is 0.400. The summed E-state index contributed by atoms with van der Waals surface area (Å²) in [6, 6.07) is 3.03. The first-order valence-corrected chi connectivity index (χ1v) is 7.41. The molecule has 0 atom stereocenters. The molecule has 1 aromatic carbocycles. The summed E-state index contributed by atoms with van der Waals surface area (Å²) in [7, 11) is -4.55. The molecule has 1 aromatic rings. The zero-order valence-electron chi connectivity index (χ0n) is 9.26. The number of hydrogen-bond acceptors (Lipinski definition) is 2. The standard InChI is InChI=1S/C10H8BrF4NO2S/c11-6-1-2-8(7(12)5-6)19(17,18)16-9(3-4-9)10(13,14)15/h1-2,5,16H,3-4H2. The van der Waals surface area contributed by atoms with Crippen LogP contribution in [0.2, 0.25) is 0 Å². The third kappa shape index (κ3) is 2.77. The smallest absolute Gasteiger partial charge is 0.207 e. The second kappa shape index (κ2) is 4.42. The highest BCUT2D eigenvalue weighted by Crippen LogP contribution is 2.49. The second-order valence-electron chi connectivity index (χ2n) is 4.26. The lowest BCUT2D eigenvalue weighted by Crippen LogP contribution is -2.47. The van der Waals surface area contributed by atoms with Crippen molar-refractivity contribution >= 4 is 26.0 Å². The fourth-order valence-electron chi connectivity index (χ4n) is 1.57. The number of alkyl halides is 3. The van der Waals surface area contributed by atoms with Crippen molar-refractivity contribution in [1.29, 1.82) is 0 Å². The molecule has 0 saturated heterocycles. The number of sulfonamides is 1. The Bertz CT molecular complexity index is 610. The molecule has 1 fully saturated rings. The molecule has 106 valence electrons. The summed E-state index contributed by atoms with van der Waals surface area (Å²) in [4.78, 5) is -0.800. The molecule has 2 rings (SSSR count). The van der Waals surface area contributed by atoms with Crippen LogP contribution in [0.25, 0.3) is 0 Å². The Morgan fingerprint density at radius 2 is 1.84 bits per heavy atom. The molecule has 9 heteroatoms. The Morgan fingerprint density at radius 3 is 2.26 bits per heavy atom. The SMILES string of the molecule is O=S(=O)(NC1(C(F)(F)F)CC1)c1ccc(Br)cc1F. The molecule has 1 N–H and O–H groups in total. The molecule has 1 aliphatic rings. The summed E-state index contributed by atoms with van der Waals surface area (Å²) in [5.74, 6) is -1.11. The van der Waals surface area contributed by atoms with Gasteiger partial charge in [-0.05, 0) is 31.0 Å². The van der Waals surface area contributed by atoms with E-state index in [1.54, 1.807) is 4.72 Å². The minimum absolute atomic E-state index is 0.293. The van der Waals surface area contributed by atoms with Gasteiger partial charge in [0.1, 0.15) is 16.3 Å². The quantitative estimate of drug-likeness (QED) is 0.841. The van der Waals surface area contributed by atoms with Crippen molar-refractivity contribution in [2.24, 2.45) is 0 Å². The van der Waals surface area contributed by atoms with Crippen LogP contribution < -0.4 is 4.72 Å². The van der Waals surface area contributed by atoms with E-state index in [-0.39, 0.29) is 12.8 Å². The molecule has 3 nitrogen and oxygen atoms in total. The number of nitrogens with one attached hydrogen (secondary N) is 1. The summed E-state index contributed by atoms with van der Waals surface area (Å²) in [6.45, 7) is 0. The molecule has 0 aromatic heterocycles. The molecule has 0 unspecified atom stereocenters. The lowest BCUT2D eigenvalue weighted by Gasteiger charge is -2.20. The Balaban J connectivity index is 2.34. The Morgan fingerprint density at radius 1 is 1.26 bits per heavy atom. The lowest BCUT2D eigenvalue weighted by atomic mass is 10.3. The fourth-order valence-corrected chi connectivity index (χ4v) is 3.41. The zero-order chi connectivity index (χ0) is 14.5. The van der Waals surface area contributed by atoms with Gasteiger partial charge < -0.3 is 0 Å². The van der Waals surface area contributed by atoms with Gasteiger partial charge in [0.05, 0.1) is 0 Å². The van der Waals surface area contributed by atoms with Crippen molar-refractivity contribution in [2.75, 3.05) is 0 Å². The van der Waals surface area contributed by atoms with Gasteiger partial charge >= 0.3 is 6.18 Å². The van der Waals surface area contributed by atoms with E-state index in [1.807, 2.05) is 0 Å². The molecule has 0 bridgehead atoms. The van der Waals surface area contributed by atoms with Crippen LogP contribution in [-0.4, -0.2) is 20.1 Å². The van der Waals surface area contributed by atoms with Crippen molar-refractivity contribution in [1.82, 2.24) is 4.72 Å². The Hall–Kier alpha value is -0.670. The predicted octanol–water partition coefficient (Wildman–Crippen LogP) is 2.96. The summed E-state index contributed by atoms with van der Waals surface area (Å²) >= 11 is 2.93. The van der Waals surface area contributed by atoms with E-state index in [9.17, 15) is 26.0 Å². The Kier molecular flexibility index (Phi) is 3.43. The van der Waals surface area contributed by atoms with Gasteiger partial charge in [-0.15, -0.1) is 0 Å². The maximum absolute atomic E-state index is 13.5. The first kappa shape index (κ1) is 14.7. The normalized spacial score (nSPS) is 18.4. The van der Waals surface area contributed by atoms with Crippen LogP contribution in [0, 0.1) is 5.82 Å². The van der Waals surface area contributed by atoms with Crippen molar-refractivity contribution in [3.8, 4) is 0 Å². The van der Waals surface area contributed by atoms with Crippen molar-refractivity contribution in [3.05, 3.63) is 28.5 Å². The zero-order valence-corrected chi connectivity index (χ0v) is 11.7. The molecule has 1 aliphatic carbocycles. The van der Waals surface area contributed by atoms with Crippen LogP contribution in [0.4, 0.5) is 17.6 Å². The summed E-state index contributed by atoms with van der Waals surface area (Å²) in [6.07, 6.45) is -5.37. The molecule has 19 heavy (non-hydrogen) atoms.